The molecule has 1 fully saturated rings. The van der Waals surface area contributed by atoms with Crippen LogP contribution >= 0.6 is 28.3 Å². The summed E-state index contributed by atoms with van der Waals surface area (Å²) in [5, 5.41) is 9.29. The summed E-state index contributed by atoms with van der Waals surface area (Å²) in [6, 6.07) is 5.44. The van der Waals surface area contributed by atoms with E-state index in [1.165, 1.54) is 34.0 Å². The van der Waals surface area contributed by atoms with Gasteiger partial charge in [-0.2, -0.15) is 0 Å². The lowest BCUT2D eigenvalue weighted by Gasteiger charge is -2.15. The van der Waals surface area contributed by atoms with E-state index in [9.17, 15) is 19.5 Å². The Hall–Kier alpha value is -2.44. The second kappa shape index (κ2) is 11.3. The number of phenolic OH excluding ortho intramolecular Hbond substituents is 1. The minimum absolute atomic E-state index is 0. The number of benzene rings is 1. The van der Waals surface area contributed by atoms with E-state index < -0.39 is 35.8 Å². The first-order valence-electron chi connectivity index (χ1n) is 8.97. The monoisotopic (exact) mass is 517 g/mol. The van der Waals surface area contributed by atoms with Crippen molar-refractivity contribution < 1.29 is 24.1 Å². The molecule has 2 heterocycles. The Bertz CT molecular complexity index is 1040. The van der Waals surface area contributed by atoms with Gasteiger partial charge in [0.15, 0.2) is 12.5 Å². The Morgan fingerprint density at radius 3 is 2.77 bits per heavy atom. The van der Waals surface area contributed by atoms with Gasteiger partial charge in [-0.15, -0.1) is 12.4 Å². The molecular weight excluding hydrogens is 498 g/mol. The number of carbonyl (C=O) groups is 1. The Kier molecular flexibility index (Phi) is 9.01. The smallest absolute Gasteiger partial charge is 0.330 e. The van der Waals surface area contributed by atoms with Gasteiger partial charge < -0.3 is 25.1 Å². The first-order chi connectivity index (χ1) is 14.4. The van der Waals surface area contributed by atoms with Crippen molar-refractivity contribution in [2.24, 2.45) is 5.73 Å². The number of aromatic nitrogens is 2. The summed E-state index contributed by atoms with van der Waals surface area (Å²) in [6.07, 6.45) is 1.42. The molecule has 0 radical (unpaired) electrons. The second-order valence-corrected chi connectivity index (χ2v) is 7.03. The molecule has 3 rings (SSSR count). The molecule has 3 atom stereocenters. The van der Waals surface area contributed by atoms with Gasteiger partial charge in [0, 0.05) is 6.20 Å². The molecule has 0 spiro atoms. The number of phenols is 1. The maximum atomic E-state index is 12.1. The van der Waals surface area contributed by atoms with E-state index in [2.05, 4.69) is 20.9 Å². The second-order valence-electron chi connectivity index (χ2n) is 6.50. The predicted molar refractivity (Wildman–Crippen MR) is 117 cm³/mol. The number of aromatic amines is 1. The van der Waals surface area contributed by atoms with Crippen LogP contribution in [0.4, 0.5) is 0 Å². The van der Waals surface area contributed by atoms with Crippen molar-refractivity contribution in [3.05, 3.63) is 67.4 Å². The maximum absolute atomic E-state index is 12.1. The van der Waals surface area contributed by atoms with Gasteiger partial charge in [0.05, 0.1) is 12.2 Å². The van der Waals surface area contributed by atoms with Gasteiger partial charge >= 0.3 is 11.7 Å². The Labute approximate surface area is 191 Å². The van der Waals surface area contributed by atoms with Crippen LogP contribution in [0.1, 0.15) is 17.4 Å². The minimum atomic E-state index is -0.896. The van der Waals surface area contributed by atoms with Crippen molar-refractivity contribution in [3.63, 3.8) is 0 Å². The zero-order valence-electron chi connectivity index (χ0n) is 16.1. The fourth-order valence-electron chi connectivity index (χ4n) is 2.80. The van der Waals surface area contributed by atoms with Gasteiger partial charge in [0.2, 0.25) is 0 Å². The van der Waals surface area contributed by atoms with Crippen molar-refractivity contribution in [1.82, 2.24) is 9.55 Å². The highest BCUT2D eigenvalue weighted by Crippen LogP contribution is 2.20. The number of hydrogen-bond acceptors (Lipinski definition) is 8. The van der Waals surface area contributed by atoms with Crippen molar-refractivity contribution in [1.29, 1.82) is 0 Å². The average Bonchev–Trinajstić information content (AvgIpc) is 3.18. The van der Waals surface area contributed by atoms with Gasteiger partial charge in [0.1, 0.15) is 18.4 Å². The van der Waals surface area contributed by atoms with Crippen LogP contribution in [0.5, 0.6) is 5.75 Å². The van der Waals surface area contributed by atoms with Crippen molar-refractivity contribution >= 4 is 40.4 Å². The standard InChI is InChI=1S/C19H20BrN3O7.ClH/c20-6-5-12-8-23(19(27)22-17(12)25)15-9-28-16(30-15)10-29-18(26)14(21)7-11-1-3-13(24)4-2-11;/h1-6,8,14-16,24H,7,9-10,21H2,(H,22,25,27);1H/b6-5+;/t14-,15-,16-;/m0./s1. The third kappa shape index (κ3) is 6.52. The molecule has 168 valence electrons. The number of carbonyl (C=O) groups excluding carboxylic acids is 1. The number of aromatic hydroxyl groups is 1. The number of hydrogen-bond donors (Lipinski definition) is 3. The van der Waals surface area contributed by atoms with E-state index in [1.807, 2.05) is 0 Å². The third-order valence-electron chi connectivity index (χ3n) is 4.34. The van der Waals surface area contributed by atoms with Crippen LogP contribution in [-0.4, -0.2) is 46.2 Å². The van der Waals surface area contributed by atoms with Crippen LogP contribution in [0.3, 0.4) is 0 Å². The van der Waals surface area contributed by atoms with E-state index in [-0.39, 0.29) is 43.4 Å². The van der Waals surface area contributed by atoms with Gasteiger partial charge in [-0.05, 0) is 35.2 Å². The zero-order valence-corrected chi connectivity index (χ0v) is 18.5. The lowest BCUT2D eigenvalue weighted by atomic mass is 10.1. The normalized spacial score (nSPS) is 19.2. The lowest BCUT2D eigenvalue weighted by molar-refractivity contribution is -0.160. The van der Waals surface area contributed by atoms with Gasteiger partial charge in [0.25, 0.3) is 5.56 Å². The topological polar surface area (TPSA) is 146 Å². The van der Waals surface area contributed by atoms with Crippen LogP contribution in [0.2, 0.25) is 0 Å². The molecule has 2 aromatic rings. The lowest BCUT2D eigenvalue weighted by Crippen LogP contribution is -2.36. The van der Waals surface area contributed by atoms with Crippen LogP contribution in [0, 0.1) is 0 Å². The Morgan fingerprint density at radius 2 is 2.10 bits per heavy atom. The number of esters is 1. The maximum Gasteiger partial charge on any atom is 0.330 e. The third-order valence-corrected chi connectivity index (χ3v) is 4.60. The van der Waals surface area contributed by atoms with E-state index in [4.69, 9.17) is 19.9 Å². The fourth-order valence-corrected chi connectivity index (χ4v) is 3.09. The number of nitrogens with two attached hydrogens (primary N) is 1. The molecule has 12 heteroatoms. The van der Waals surface area contributed by atoms with Crippen molar-refractivity contribution in [2.75, 3.05) is 13.2 Å². The predicted octanol–water partition coefficient (Wildman–Crippen LogP) is 1.01. The van der Waals surface area contributed by atoms with E-state index >= 15 is 0 Å². The molecule has 1 aromatic carbocycles. The number of halogens is 2. The number of nitrogens with one attached hydrogen (secondary N) is 1. The van der Waals surface area contributed by atoms with Crippen LogP contribution in [-0.2, 0) is 25.4 Å². The van der Waals surface area contributed by atoms with Gasteiger partial charge in [-0.1, -0.05) is 28.1 Å². The highest BCUT2D eigenvalue weighted by atomic mass is 79.9. The summed E-state index contributed by atoms with van der Waals surface area (Å²) in [5.41, 5.74) is 5.72. The first-order valence-corrected chi connectivity index (χ1v) is 9.88. The first kappa shape index (κ1) is 24.8. The van der Waals surface area contributed by atoms with Crippen molar-refractivity contribution in [2.45, 2.75) is 25.0 Å². The summed E-state index contributed by atoms with van der Waals surface area (Å²) in [5.74, 6) is -0.512. The van der Waals surface area contributed by atoms with Gasteiger partial charge in [-0.3, -0.25) is 19.1 Å². The number of ether oxygens (including phenoxy) is 3. The molecule has 0 unspecified atom stereocenters. The highest BCUT2D eigenvalue weighted by Gasteiger charge is 2.30. The molecule has 0 amide bonds. The molecule has 1 aliphatic heterocycles. The molecule has 1 aliphatic rings. The molecule has 31 heavy (non-hydrogen) atoms. The number of H-pyrrole nitrogens is 1. The molecule has 0 aliphatic carbocycles. The minimum Gasteiger partial charge on any atom is -0.508 e. The highest BCUT2D eigenvalue weighted by molar-refractivity contribution is 9.11. The average molecular weight is 519 g/mol. The molecule has 1 saturated heterocycles. The van der Waals surface area contributed by atoms with E-state index in [0.29, 0.717) is 0 Å². The van der Waals surface area contributed by atoms with Crippen molar-refractivity contribution in [3.8, 4) is 5.75 Å². The molecular formula is C19H21BrClN3O7. The quantitative estimate of drug-likeness (QED) is 0.461. The zero-order chi connectivity index (χ0) is 21.7. The van der Waals surface area contributed by atoms with Crippen LogP contribution in [0.25, 0.3) is 6.08 Å². The Balaban J connectivity index is 0.00000341. The summed E-state index contributed by atoms with van der Waals surface area (Å²) >= 11 is 3.08. The summed E-state index contributed by atoms with van der Waals surface area (Å²) in [6.45, 7) is -0.171. The summed E-state index contributed by atoms with van der Waals surface area (Å²) < 4.78 is 17.4. The molecule has 0 saturated carbocycles. The number of rotatable bonds is 7. The molecule has 10 nitrogen and oxygen atoms in total. The summed E-state index contributed by atoms with van der Waals surface area (Å²) in [4.78, 5) is 39.6. The van der Waals surface area contributed by atoms with Gasteiger partial charge in [-0.25, -0.2) is 4.79 Å². The molecule has 1 aromatic heterocycles. The molecule has 0 bridgehead atoms. The van der Waals surface area contributed by atoms with E-state index in [0.717, 1.165) is 5.56 Å². The Morgan fingerprint density at radius 1 is 1.39 bits per heavy atom. The van der Waals surface area contributed by atoms with Crippen LogP contribution in [0.15, 0.2) is 45.0 Å². The SMILES string of the molecule is Cl.N[C@@H](Cc1ccc(O)cc1)C(=O)OC[C@H]1OC[C@@H](n2cc(/C=C/Br)c(=O)[nH]c2=O)O1. The largest absolute Gasteiger partial charge is 0.508 e. The number of nitrogens with zero attached hydrogens (tertiary/aromatic N) is 1. The summed E-state index contributed by atoms with van der Waals surface area (Å²) in [7, 11) is 0. The van der Waals surface area contributed by atoms with Crippen LogP contribution < -0.4 is 17.0 Å². The molecule has 4 N–H and O–H groups in total. The van der Waals surface area contributed by atoms with E-state index in [1.54, 1.807) is 12.1 Å². The fraction of sp³-hybridized carbons (Fsp3) is 0.316.